The molecule has 5 heteroatoms. The number of ether oxygens (including phenoxy) is 1. The fraction of sp³-hybridized carbons (Fsp3) is 0.600. The zero-order chi connectivity index (χ0) is 11.8. The molecule has 1 aliphatic rings. The molecule has 0 fully saturated rings. The van der Waals surface area contributed by atoms with Crippen LogP contribution >= 0.6 is 10.9 Å². The minimum atomic E-state index is -0.758. The minimum absolute atomic E-state index is 0.0332. The molecule has 1 unspecified atom stereocenters. The fourth-order valence-corrected chi connectivity index (χ4v) is 4.33. The summed E-state index contributed by atoms with van der Waals surface area (Å²) in [6, 6.07) is 0. The van der Waals surface area contributed by atoms with Crippen molar-refractivity contribution in [1.29, 1.82) is 0 Å². The molecule has 0 aromatic rings. The average Bonchev–Trinajstić information content (AvgIpc) is 2.23. The van der Waals surface area contributed by atoms with Crippen LogP contribution in [0.25, 0.3) is 0 Å². The Kier molecular flexibility index (Phi) is 3.13. The van der Waals surface area contributed by atoms with E-state index in [0.717, 1.165) is 10.7 Å². The molecule has 0 aromatic heterocycles. The second-order valence-electron chi connectivity index (χ2n) is 4.48. The summed E-state index contributed by atoms with van der Waals surface area (Å²) < 4.78 is 5.10. The van der Waals surface area contributed by atoms with Crippen LogP contribution in [0.4, 0.5) is 4.79 Å². The van der Waals surface area contributed by atoms with E-state index >= 15 is 0 Å². The van der Waals surface area contributed by atoms with E-state index in [-0.39, 0.29) is 4.75 Å². The van der Waals surface area contributed by atoms with E-state index in [2.05, 4.69) is 25.8 Å². The second kappa shape index (κ2) is 3.89. The third kappa shape index (κ3) is 2.53. The van der Waals surface area contributed by atoms with Gasteiger partial charge in [-0.05, 0) is 13.8 Å². The molecule has 1 rings (SSSR count). The van der Waals surface area contributed by atoms with Gasteiger partial charge in [-0.2, -0.15) is 0 Å². The topological polar surface area (TPSA) is 64.7 Å². The number of allylic oxidation sites excluding steroid dienone is 1. The van der Waals surface area contributed by atoms with Crippen molar-refractivity contribution in [3.63, 3.8) is 0 Å². The van der Waals surface area contributed by atoms with Crippen molar-refractivity contribution in [2.45, 2.75) is 39.4 Å². The molecule has 86 valence electrons. The Hall–Kier alpha value is -0.970. The lowest BCUT2D eigenvalue weighted by atomic mass is 10.3. The number of thiol groups is 1. The molecule has 0 aromatic carbocycles. The first-order valence-electron chi connectivity index (χ1n) is 4.77. The van der Waals surface area contributed by atoms with Crippen LogP contribution in [0.3, 0.4) is 0 Å². The molecule has 0 saturated carbocycles. The molecule has 1 amide bonds. The summed E-state index contributed by atoms with van der Waals surface area (Å²) >= 11 is 0. The normalized spacial score (nSPS) is 24.1. The maximum Gasteiger partial charge on any atom is 0.410 e. The van der Waals surface area contributed by atoms with Gasteiger partial charge >= 0.3 is 6.09 Å². The Balaban J connectivity index is 3.04. The Labute approximate surface area is 92.9 Å². The molecule has 1 heterocycles. The van der Waals surface area contributed by atoms with E-state index in [0.29, 0.717) is 5.09 Å². The van der Waals surface area contributed by atoms with Gasteiger partial charge in [0.2, 0.25) is 0 Å². The number of hydrogen-bond acceptors (Lipinski definition) is 3. The lowest BCUT2D eigenvalue weighted by Crippen LogP contribution is -2.22. The van der Waals surface area contributed by atoms with Gasteiger partial charge in [0.25, 0.3) is 0 Å². The minimum Gasteiger partial charge on any atom is -0.403 e. The van der Waals surface area contributed by atoms with E-state index in [9.17, 15) is 4.79 Å². The first-order chi connectivity index (χ1) is 6.73. The average molecular weight is 230 g/mol. The SMILES string of the molecule is CC1=NC(C)=C(OC(N)=O)[SH]1C(C)(C)C. The Morgan fingerprint density at radius 3 is 2.33 bits per heavy atom. The van der Waals surface area contributed by atoms with Crippen molar-refractivity contribution >= 4 is 22.0 Å². The van der Waals surface area contributed by atoms with Gasteiger partial charge in [-0.1, -0.05) is 20.8 Å². The molecule has 15 heavy (non-hydrogen) atoms. The largest absolute Gasteiger partial charge is 0.410 e. The van der Waals surface area contributed by atoms with Crippen molar-refractivity contribution in [3.05, 3.63) is 10.8 Å². The van der Waals surface area contributed by atoms with Crippen molar-refractivity contribution in [3.8, 4) is 0 Å². The Bertz CT molecular complexity index is 353. The number of primary amides is 1. The molecule has 0 aliphatic carbocycles. The quantitative estimate of drug-likeness (QED) is 0.680. The van der Waals surface area contributed by atoms with Gasteiger partial charge in [0.15, 0.2) is 5.09 Å². The standard InChI is InChI=1S/C10H18N2O2S/c1-6-8(14-9(11)13)15(7(2)12-6)10(3,4)5/h15H,1-5H3,(H2,11,13). The van der Waals surface area contributed by atoms with Gasteiger partial charge < -0.3 is 10.5 Å². The zero-order valence-corrected chi connectivity index (χ0v) is 10.7. The smallest absolute Gasteiger partial charge is 0.403 e. The maximum absolute atomic E-state index is 10.8. The Morgan fingerprint density at radius 1 is 1.40 bits per heavy atom. The number of amides is 1. The number of carbonyl (C=O) groups is 1. The van der Waals surface area contributed by atoms with E-state index in [1.165, 1.54) is 0 Å². The van der Waals surface area contributed by atoms with E-state index in [1.54, 1.807) is 0 Å². The number of aliphatic imine (C=N–C) groups is 1. The van der Waals surface area contributed by atoms with E-state index in [4.69, 9.17) is 10.5 Å². The maximum atomic E-state index is 10.8. The van der Waals surface area contributed by atoms with Crippen LogP contribution in [0, 0.1) is 0 Å². The number of hydrogen-bond donors (Lipinski definition) is 2. The van der Waals surface area contributed by atoms with Gasteiger partial charge in [-0.15, -0.1) is 10.9 Å². The summed E-state index contributed by atoms with van der Waals surface area (Å²) in [6.07, 6.45) is -0.758. The number of nitrogens with two attached hydrogens (primary N) is 1. The summed E-state index contributed by atoms with van der Waals surface area (Å²) in [6.45, 7) is 10.1. The third-order valence-corrected chi connectivity index (χ3v) is 4.94. The first-order valence-corrected chi connectivity index (χ1v) is 6.11. The van der Waals surface area contributed by atoms with Crippen molar-refractivity contribution < 1.29 is 9.53 Å². The van der Waals surface area contributed by atoms with Crippen molar-refractivity contribution in [2.75, 3.05) is 0 Å². The van der Waals surface area contributed by atoms with Gasteiger partial charge in [0.1, 0.15) is 0 Å². The molecule has 0 saturated heterocycles. The molecular formula is C10H18N2O2S. The lowest BCUT2D eigenvalue weighted by Gasteiger charge is -2.32. The summed E-state index contributed by atoms with van der Waals surface area (Å²) in [4.78, 5) is 15.2. The lowest BCUT2D eigenvalue weighted by molar-refractivity contribution is 0.193. The van der Waals surface area contributed by atoms with E-state index < -0.39 is 17.0 Å². The number of rotatable bonds is 1. The molecule has 0 radical (unpaired) electrons. The highest BCUT2D eigenvalue weighted by Crippen LogP contribution is 2.53. The van der Waals surface area contributed by atoms with Gasteiger partial charge in [0, 0.05) is 4.75 Å². The number of nitrogens with zero attached hydrogens (tertiary/aromatic N) is 1. The molecule has 2 N–H and O–H groups in total. The van der Waals surface area contributed by atoms with Crippen molar-refractivity contribution in [2.24, 2.45) is 10.7 Å². The van der Waals surface area contributed by atoms with Gasteiger partial charge in [0.05, 0.1) is 10.7 Å². The highest BCUT2D eigenvalue weighted by molar-refractivity contribution is 8.34. The second-order valence-corrected chi connectivity index (χ2v) is 7.54. The van der Waals surface area contributed by atoms with Gasteiger partial charge in [-0.3, -0.25) is 0 Å². The summed E-state index contributed by atoms with van der Waals surface area (Å²) in [5.41, 5.74) is 5.82. The van der Waals surface area contributed by atoms with Crippen molar-refractivity contribution in [1.82, 2.24) is 0 Å². The molecule has 1 aliphatic heterocycles. The third-order valence-electron chi connectivity index (χ3n) is 2.03. The Morgan fingerprint density at radius 2 is 1.93 bits per heavy atom. The van der Waals surface area contributed by atoms with Crippen LogP contribution in [0.1, 0.15) is 34.6 Å². The molecular weight excluding hydrogens is 212 g/mol. The van der Waals surface area contributed by atoms with Crippen LogP contribution < -0.4 is 5.73 Å². The van der Waals surface area contributed by atoms with Crippen LogP contribution in [0.2, 0.25) is 0 Å². The summed E-state index contributed by atoms with van der Waals surface area (Å²) in [5, 5.41) is 1.69. The predicted octanol–water partition coefficient (Wildman–Crippen LogP) is 2.50. The van der Waals surface area contributed by atoms with E-state index in [1.807, 2.05) is 13.8 Å². The highest BCUT2D eigenvalue weighted by atomic mass is 32.2. The predicted molar refractivity (Wildman–Crippen MR) is 65.2 cm³/mol. The summed E-state index contributed by atoms with van der Waals surface area (Å²) in [7, 11) is -0.676. The van der Waals surface area contributed by atoms with Gasteiger partial charge in [-0.25, -0.2) is 9.79 Å². The first kappa shape index (κ1) is 12.1. The monoisotopic (exact) mass is 230 g/mol. The number of carbonyl (C=O) groups excluding carboxylic acids is 1. The highest BCUT2D eigenvalue weighted by Gasteiger charge is 2.34. The van der Waals surface area contributed by atoms with Crippen LogP contribution in [0.5, 0.6) is 0 Å². The molecule has 0 spiro atoms. The van der Waals surface area contributed by atoms with Crippen LogP contribution in [-0.4, -0.2) is 15.9 Å². The summed E-state index contributed by atoms with van der Waals surface area (Å²) in [5.74, 6) is 0. The molecule has 4 nitrogen and oxygen atoms in total. The zero-order valence-electron chi connectivity index (χ0n) is 9.79. The van der Waals surface area contributed by atoms with Crippen LogP contribution in [-0.2, 0) is 4.74 Å². The van der Waals surface area contributed by atoms with Crippen LogP contribution in [0.15, 0.2) is 15.8 Å². The fourth-order valence-electron chi connectivity index (χ4n) is 1.65. The molecule has 1 atom stereocenters. The molecule has 0 bridgehead atoms.